The summed E-state index contributed by atoms with van der Waals surface area (Å²) in [6.45, 7) is 15.0. The smallest absolute Gasteiger partial charge is 0.234 e. The second kappa shape index (κ2) is 12.0. The van der Waals surface area contributed by atoms with Gasteiger partial charge in [0, 0.05) is 18.7 Å². The molecule has 0 saturated carbocycles. The number of nitrogens with one attached hydrogen (secondary N) is 1. The molecule has 1 atom stereocenters. The summed E-state index contributed by atoms with van der Waals surface area (Å²) in [5.74, 6) is 0.161. The normalized spacial score (nSPS) is 19.3. The average molecular weight is 300 g/mol. The van der Waals surface area contributed by atoms with Crippen molar-refractivity contribution in [2.75, 3.05) is 19.7 Å². The summed E-state index contributed by atoms with van der Waals surface area (Å²) in [5, 5.41) is 2.93. The Morgan fingerprint density at radius 1 is 1.29 bits per heavy atom. The molecular weight excluding hydrogens is 264 g/mol. The van der Waals surface area contributed by atoms with Crippen LogP contribution in [0.25, 0.3) is 0 Å². The molecule has 1 aliphatic heterocycles. The Labute approximate surface area is 131 Å². The second-order valence-corrected chi connectivity index (χ2v) is 6.46. The van der Waals surface area contributed by atoms with Gasteiger partial charge in [-0.05, 0) is 60.4 Å². The fourth-order valence-electron chi connectivity index (χ4n) is 2.30. The largest absolute Gasteiger partial charge is 0.379 e. The highest BCUT2D eigenvalue weighted by Crippen LogP contribution is 2.15. The fourth-order valence-corrected chi connectivity index (χ4v) is 2.30. The lowest BCUT2D eigenvalue weighted by Gasteiger charge is -2.32. The van der Waals surface area contributed by atoms with Crippen LogP contribution in [0.5, 0.6) is 0 Å². The van der Waals surface area contributed by atoms with Crippen LogP contribution < -0.4 is 5.32 Å². The summed E-state index contributed by atoms with van der Waals surface area (Å²) in [7, 11) is 0. The van der Waals surface area contributed by atoms with Crippen molar-refractivity contribution < 1.29 is 9.53 Å². The molecule has 4 nitrogen and oxygen atoms in total. The minimum Gasteiger partial charge on any atom is -0.379 e. The van der Waals surface area contributed by atoms with Crippen molar-refractivity contribution in [2.45, 2.75) is 85.4 Å². The molecule has 0 radical (unpaired) electrons. The molecule has 21 heavy (non-hydrogen) atoms. The van der Waals surface area contributed by atoms with Crippen LogP contribution in [-0.2, 0) is 9.53 Å². The zero-order valence-corrected chi connectivity index (χ0v) is 14.9. The summed E-state index contributed by atoms with van der Waals surface area (Å²) >= 11 is 0. The van der Waals surface area contributed by atoms with Crippen molar-refractivity contribution >= 4 is 5.91 Å². The number of carbonyl (C=O) groups is 1. The van der Waals surface area contributed by atoms with E-state index in [1.54, 1.807) is 0 Å². The number of nitrogens with zero attached hydrogens (tertiary/aromatic N) is 1. The van der Waals surface area contributed by atoms with Gasteiger partial charge in [-0.1, -0.05) is 13.3 Å². The van der Waals surface area contributed by atoms with E-state index in [1.165, 1.54) is 19.3 Å². The molecule has 0 bridgehead atoms. The predicted molar refractivity (Wildman–Crippen MR) is 89.5 cm³/mol. The molecule has 126 valence electrons. The maximum absolute atomic E-state index is 11.5. The topological polar surface area (TPSA) is 41.6 Å². The molecule has 0 aliphatic carbocycles. The Morgan fingerprint density at radius 2 is 1.95 bits per heavy atom. The first-order valence-electron chi connectivity index (χ1n) is 8.51. The lowest BCUT2D eigenvalue weighted by molar-refractivity contribution is -0.123. The van der Waals surface area contributed by atoms with Gasteiger partial charge in [0.1, 0.15) is 0 Å². The van der Waals surface area contributed by atoms with Crippen molar-refractivity contribution in [3.8, 4) is 0 Å². The van der Waals surface area contributed by atoms with Gasteiger partial charge < -0.3 is 10.1 Å². The molecule has 1 rings (SSSR count). The van der Waals surface area contributed by atoms with Gasteiger partial charge in [-0.25, -0.2) is 0 Å². The summed E-state index contributed by atoms with van der Waals surface area (Å²) < 4.78 is 5.19. The molecule has 1 saturated heterocycles. The van der Waals surface area contributed by atoms with Gasteiger partial charge in [0.25, 0.3) is 0 Å². The van der Waals surface area contributed by atoms with E-state index >= 15 is 0 Å². The van der Waals surface area contributed by atoms with Crippen molar-refractivity contribution in [3.63, 3.8) is 0 Å². The highest BCUT2D eigenvalue weighted by atomic mass is 16.5. The molecule has 1 heterocycles. The zero-order chi connectivity index (χ0) is 16.3. The van der Waals surface area contributed by atoms with E-state index in [1.807, 2.05) is 13.8 Å². The first-order valence-corrected chi connectivity index (χ1v) is 8.51. The monoisotopic (exact) mass is 300 g/mol. The van der Waals surface area contributed by atoms with E-state index in [-0.39, 0.29) is 11.9 Å². The van der Waals surface area contributed by atoms with E-state index in [2.05, 4.69) is 37.9 Å². The van der Waals surface area contributed by atoms with Crippen LogP contribution in [0.1, 0.15) is 67.2 Å². The Morgan fingerprint density at radius 3 is 2.38 bits per heavy atom. The lowest BCUT2D eigenvalue weighted by atomic mass is 10.0. The van der Waals surface area contributed by atoms with Gasteiger partial charge in [-0.15, -0.1) is 0 Å². The number of hydrogen-bond donors (Lipinski definition) is 1. The summed E-state index contributed by atoms with van der Waals surface area (Å²) in [4.78, 5) is 13.8. The van der Waals surface area contributed by atoms with E-state index < -0.39 is 0 Å². The molecule has 0 aromatic heterocycles. The number of ether oxygens (including phenoxy) is 1. The molecule has 1 unspecified atom stereocenters. The Kier molecular flexibility index (Phi) is 11.6. The van der Waals surface area contributed by atoms with Gasteiger partial charge in [-0.2, -0.15) is 0 Å². The third-order valence-corrected chi connectivity index (χ3v) is 3.39. The molecule has 4 heteroatoms. The Balaban J connectivity index is 0.000000486. The number of piperidine rings is 1. The first-order chi connectivity index (χ1) is 9.86. The minimum atomic E-state index is 0.161. The highest BCUT2D eigenvalue weighted by Gasteiger charge is 2.20. The van der Waals surface area contributed by atoms with Crippen molar-refractivity contribution in [1.82, 2.24) is 10.2 Å². The van der Waals surface area contributed by atoms with Gasteiger partial charge >= 0.3 is 0 Å². The molecule has 0 aromatic carbocycles. The molecule has 1 fully saturated rings. The van der Waals surface area contributed by atoms with Gasteiger partial charge in [0.15, 0.2) is 0 Å². The predicted octanol–water partition coefficient (Wildman–Crippen LogP) is 3.21. The van der Waals surface area contributed by atoms with Crippen molar-refractivity contribution in [1.29, 1.82) is 0 Å². The Hall–Kier alpha value is -0.610. The Bertz CT molecular complexity index is 268. The zero-order valence-electron chi connectivity index (χ0n) is 14.9. The number of rotatable bonds is 6. The lowest BCUT2D eigenvalue weighted by Crippen LogP contribution is -2.45. The van der Waals surface area contributed by atoms with Crippen LogP contribution in [0.2, 0.25) is 0 Å². The van der Waals surface area contributed by atoms with Crippen LogP contribution >= 0.6 is 0 Å². The summed E-state index contributed by atoms with van der Waals surface area (Å²) in [6, 6.07) is 0.823. The minimum absolute atomic E-state index is 0.161. The third kappa shape index (κ3) is 11.7. The third-order valence-electron chi connectivity index (χ3n) is 3.39. The number of amides is 1. The molecule has 0 spiro atoms. The van der Waals surface area contributed by atoms with E-state index in [0.717, 1.165) is 19.6 Å². The number of hydrogen-bond acceptors (Lipinski definition) is 3. The van der Waals surface area contributed by atoms with E-state index in [4.69, 9.17) is 4.74 Å². The van der Waals surface area contributed by atoms with Crippen LogP contribution in [0.15, 0.2) is 0 Å². The molecule has 1 amide bonds. The SMILES string of the molecule is CC(C)NC(=O)CN1CCCCC1C.CCCOC(C)C. The van der Waals surface area contributed by atoms with Crippen molar-refractivity contribution in [2.24, 2.45) is 0 Å². The maximum Gasteiger partial charge on any atom is 0.234 e. The molecule has 1 aliphatic rings. The van der Waals surface area contributed by atoms with Crippen LogP contribution in [0.3, 0.4) is 0 Å². The molecular formula is C17H36N2O2. The quantitative estimate of drug-likeness (QED) is 0.819. The maximum atomic E-state index is 11.5. The van der Waals surface area contributed by atoms with E-state index in [9.17, 15) is 4.79 Å². The van der Waals surface area contributed by atoms with Gasteiger partial charge in [0.05, 0.1) is 12.6 Å². The van der Waals surface area contributed by atoms with Gasteiger partial charge in [-0.3, -0.25) is 9.69 Å². The van der Waals surface area contributed by atoms with Crippen LogP contribution in [-0.4, -0.2) is 48.7 Å². The second-order valence-electron chi connectivity index (χ2n) is 6.46. The number of carbonyl (C=O) groups excluding carboxylic acids is 1. The number of likely N-dealkylation sites (tertiary alicyclic amines) is 1. The van der Waals surface area contributed by atoms with Crippen molar-refractivity contribution in [3.05, 3.63) is 0 Å². The summed E-state index contributed by atoms with van der Waals surface area (Å²) in [5.41, 5.74) is 0. The van der Waals surface area contributed by atoms with Crippen LogP contribution in [0, 0.1) is 0 Å². The standard InChI is InChI=1S/C11H22N2O.C6H14O/c1-9(2)12-11(14)8-13-7-5-4-6-10(13)3;1-4-5-7-6(2)3/h9-10H,4-8H2,1-3H3,(H,12,14);6H,4-5H2,1-3H3. The van der Waals surface area contributed by atoms with Gasteiger partial charge in [0.2, 0.25) is 5.91 Å². The first kappa shape index (κ1) is 20.4. The summed E-state index contributed by atoms with van der Waals surface area (Å²) in [6.07, 6.45) is 5.30. The molecule has 0 aromatic rings. The fraction of sp³-hybridized carbons (Fsp3) is 0.941. The molecule has 1 N–H and O–H groups in total. The van der Waals surface area contributed by atoms with Crippen LogP contribution in [0.4, 0.5) is 0 Å². The average Bonchev–Trinajstić information content (AvgIpc) is 2.39. The van der Waals surface area contributed by atoms with E-state index in [0.29, 0.717) is 18.7 Å². The highest BCUT2D eigenvalue weighted by molar-refractivity contribution is 5.78.